The first-order valence-corrected chi connectivity index (χ1v) is 41.3. The lowest BCUT2D eigenvalue weighted by Crippen LogP contribution is -2.37. The van der Waals surface area contributed by atoms with Gasteiger partial charge >= 0.3 is 28.9 Å². The molecule has 16 nitrogen and oxygen atoms in total. The minimum absolute atomic E-state index is 0.00244. The molecular weight excluding hydrogens is 1540 g/mol. The molecule has 0 saturated heterocycles. The van der Waals surface area contributed by atoms with Gasteiger partial charge in [0.1, 0.15) is 5.82 Å². The Morgan fingerprint density at radius 2 is 0.697 bits per heavy atom. The molecule has 0 aliphatic heterocycles. The van der Waals surface area contributed by atoms with Crippen LogP contribution in [0.5, 0.6) is 0 Å². The van der Waals surface area contributed by atoms with E-state index in [0.29, 0.717) is 75.0 Å². The Morgan fingerprint density at radius 3 is 1.07 bits per heavy atom. The number of hydrogen-bond donors (Lipinski definition) is 6. The van der Waals surface area contributed by atoms with Crippen molar-refractivity contribution >= 4 is 11.6 Å². The van der Waals surface area contributed by atoms with Crippen molar-refractivity contribution in [1.82, 2.24) is 39.0 Å². The van der Waals surface area contributed by atoms with Crippen LogP contribution in [0.1, 0.15) is 251 Å². The van der Waals surface area contributed by atoms with Crippen molar-refractivity contribution in [2.45, 2.75) is 189 Å². The number of aromatic nitrogens is 8. The first-order chi connectivity index (χ1) is 57.3. The molecule has 618 valence electrons. The minimum atomic E-state index is -4.45. The summed E-state index contributed by atoms with van der Waals surface area (Å²) in [5.74, 6) is -0.0480. The summed E-state index contributed by atoms with van der Waals surface area (Å²) >= 11 is 6.16. The van der Waals surface area contributed by atoms with E-state index in [1.54, 1.807) is 19.2 Å². The van der Waals surface area contributed by atoms with Crippen LogP contribution in [0, 0.1) is 24.4 Å². The zero-order chi connectivity index (χ0) is 84.0. The number of rotatable bonds is 16. The van der Waals surface area contributed by atoms with Crippen LogP contribution in [0.3, 0.4) is 0 Å². The van der Waals surface area contributed by atoms with Crippen LogP contribution in [0.4, 0.5) is 26.3 Å². The van der Waals surface area contributed by atoms with Gasteiger partial charge in [-0.15, -0.1) is 0 Å². The number of nitrogens with one attached hydrogen (secondary N) is 6. The number of halogens is 7. The van der Waals surface area contributed by atoms with E-state index >= 15 is 0 Å². The maximum atomic E-state index is 14.2. The standard InChI is InChI=1S/C25H25F3N2O2.C25H28N2O2.C23H22ClFN2O2.C23H22F2N2O2/c1-30-23(31)21(15-16-6-5-9-20(14-16)25(26,27)28)22(29-24(30)32)19-12-10-18(11-13-19)17-7-3-2-4-8-17;1-17-7-6-8-18(15-17)16-22-23(26-25(29)27(2)24(22)28)21-13-11-20(12-14-21)19-9-4-3-5-10-19;24-20-13-18(25)11-10-17(20)12-19-21(26-23(29)27-22(19)28)16-8-6-15(7-9-16)14-4-2-1-3-5-14;24-19-8-4-7-17(20(19)25)13-18-21(26-23(29)27-22(18)28)16-11-9-15(10-12-16)14-5-2-1-3-6-14/h2-9,14,18-19H,10-13,15H2,1H3,(H,29,32);3-10,15,20-21H,11-14,16H2,1-2H3,(H,26,29);1-5,10-11,13,15-16H,6-9,12H2,(H2,26,27,28,29);1-8,15-16H,9-13H2,(H2,26,27,28,29). The number of hydrogen-bond acceptors (Lipinski definition) is 8. The third-order valence-electron chi connectivity index (χ3n) is 24.5. The third kappa shape index (κ3) is 21.3. The molecule has 119 heavy (non-hydrogen) atoms. The third-order valence-corrected chi connectivity index (χ3v) is 24.9. The van der Waals surface area contributed by atoms with E-state index in [2.05, 4.69) is 128 Å². The van der Waals surface area contributed by atoms with Gasteiger partial charge in [0.15, 0.2) is 11.6 Å². The van der Waals surface area contributed by atoms with Crippen LogP contribution >= 0.6 is 11.6 Å². The van der Waals surface area contributed by atoms with E-state index < -0.39 is 62.9 Å². The van der Waals surface area contributed by atoms with Crippen LogP contribution in [-0.4, -0.2) is 39.0 Å². The number of alkyl halides is 3. The number of H-pyrrole nitrogens is 6. The maximum absolute atomic E-state index is 14.2. The van der Waals surface area contributed by atoms with Crippen molar-refractivity contribution in [2.24, 2.45) is 14.1 Å². The molecule has 4 aliphatic carbocycles. The average molecular weight is 1640 g/mol. The minimum Gasteiger partial charge on any atom is -0.311 e. The zero-order valence-corrected chi connectivity index (χ0v) is 67.5. The maximum Gasteiger partial charge on any atom is 0.416 e. The highest BCUT2D eigenvalue weighted by molar-refractivity contribution is 6.31. The summed E-state index contributed by atoms with van der Waals surface area (Å²) < 4.78 is 82.7. The van der Waals surface area contributed by atoms with Crippen molar-refractivity contribution < 1.29 is 26.3 Å². The fourth-order valence-corrected chi connectivity index (χ4v) is 18.3. The Kier molecular flexibility index (Phi) is 27.8. The van der Waals surface area contributed by atoms with Gasteiger partial charge < -0.3 is 19.9 Å². The Hall–Kier alpha value is -11.7. The van der Waals surface area contributed by atoms with Gasteiger partial charge in [0.2, 0.25) is 0 Å². The fraction of sp³-hybridized carbons (Fsp3) is 0.333. The zero-order valence-electron chi connectivity index (χ0n) is 66.7. The van der Waals surface area contributed by atoms with Crippen LogP contribution in [0.2, 0.25) is 5.02 Å². The molecule has 0 radical (unpaired) electrons. The number of benzene rings is 8. The molecule has 23 heteroatoms. The van der Waals surface area contributed by atoms with Crippen molar-refractivity contribution in [3.05, 3.63) is 413 Å². The van der Waals surface area contributed by atoms with Gasteiger partial charge in [0.05, 0.1) is 5.56 Å². The molecule has 4 saturated carbocycles. The van der Waals surface area contributed by atoms with Gasteiger partial charge in [0, 0.05) is 89.8 Å². The molecule has 0 amide bonds. The van der Waals surface area contributed by atoms with Gasteiger partial charge in [-0.05, 0) is 226 Å². The number of aromatic amines is 6. The highest BCUT2D eigenvalue weighted by Gasteiger charge is 2.34. The van der Waals surface area contributed by atoms with Crippen molar-refractivity contribution in [2.75, 3.05) is 0 Å². The summed E-state index contributed by atoms with van der Waals surface area (Å²) in [6.45, 7) is 2.06. The number of nitrogens with zero attached hydrogens (tertiary/aromatic N) is 2. The topological polar surface area (TPSA) is 241 Å². The molecular formula is C96H97ClF6N8O8. The van der Waals surface area contributed by atoms with E-state index in [4.69, 9.17) is 11.6 Å². The van der Waals surface area contributed by atoms with E-state index in [0.717, 1.165) is 142 Å². The summed E-state index contributed by atoms with van der Waals surface area (Å²) in [5, 5.41) is 0.273. The lowest BCUT2D eigenvalue weighted by molar-refractivity contribution is -0.137. The quantitative estimate of drug-likeness (QED) is 0.0507. The molecule has 0 spiro atoms. The first kappa shape index (κ1) is 85.2. The second-order valence-corrected chi connectivity index (χ2v) is 32.6. The Labute approximate surface area is 688 Å². The molecule has 12 aromatic rings. The predicted molar refractivity (Wildman–Crippen MR) is 453 cm³/mol. The SMILES string of the molecule is Cc1cccc(Cc2c(C3CCC(c4ccccc4)CC3)[nH]c(=O)n(C)c2=O)c1.Cn1c(=O)[nH]c(C2CCC(c3ccccc3)CC2)c(Cc2cccc(C(F)(F)F)c2)c1=O.O=c1[nH]c(C2CCC(c3ccccc3)CC2)c(Cc2ccc(F)cc2Cl)c(=O)[nH]1.O=c1[nH]c(C2CCC(c3ccccc3)CC2)c(Cc2cccc(F)c2F)c(=O)[nH]1. The Bertz CT molecular complexity index is 6010. The van der Waals surface area contributed by atoms with Crippen molar-refractivity contribution in [1.29, 1.82) is 0 Å². The summed E-state index contributed by atoms with van der Waals surface area (Å²) in [6, 6.07) is 63.0. The molecule has 4 fully saturated rings. The van der Waals surface area contributed by atoms with Crippen molar-refractivity contribution in [3.63, 3.8) is 0 Å². The molecule has 4 heterocycles. The number of aryl methyl sites for hydroxylation is 1. The van der Waals surface area contributed by atoms with Crippen LogP contribution in [0.25, 0.3) is 0 Å². The lowest BCUT2D eigenvalue weighted by atomic mass is 9.76. The second-order valence-electron chi connectivity index (χ2n) is 32.2. The molecule has 4 aromatic heterocycles. The largest absolute Gasteiger partial charge is 0.416 e. The van der Waals surface area contributed by atoms with Crippen molar-refractivity contribution in [3.8, 4) is 0 Å². The van der Waals surface area contributed by atoms with Crippen LogP contribution in [-0.2, 0) is 46.0 Å². The summed E-state index contributed by atoms with van der Waals surface area (Å²) in [7, 11) is 2.93. The highest BCUT2D eigenvalue weighted by atomic mass is 35.5. The smallest absolute Gasteiger partial charge is 0.311 e. The monoisotopic (exact) mass is 1640 g/mol. The Morgan fingerprint density at radius 1 is 0.353 bits per heavy atom. The average Bonchev–Trinajstić information content (AvgIpc) is 0.764. The Balaban J connectivity index is 0.000000137. The molecule has 0 atom stereocenters. The van der Waals surface area contributed by atoms with Crippen LogP contribution in [0.15, 0.2) is 245 Å². The van der Waals surface area contributed by atoms with E-state index in [1.165, 1.54) is 69.8 Å². The summed E-state index contributed by atoms with van der Waals surface area (Å²) in [6.07, 6.45) is 11.2. The van der Waals surface area contributed by atoms with Crippen LogP contribution < -0.4 is 45.0 Å². The van der Waals surface area contributed by atoms with Gasteiger partial charge in [-0.25, -0.2) is 32.3 Å². The molecule has 16 rings (SSSR count). The van der Waals surface area contributed by atoms with Gasteiger partial charge in [0.25, 0.3) is 22.2 Å². The first-order valence-electron chi connectivity index (χ1n) is 40.9. The summed E-state index contributed by atoms with van der Waals surface area (Å²) in [5.41, 5.74) is 9.11. The van der Waals surface area contributed by atoms with E-state index in [1.807, 2.05) is 54.6 Å². The summed E-state index contributed by atoms with van der Waals surface area (Å²) in [4.78, 5) is 116. The normalized spacial score (nSPS) is 19.2. The molecule has 0 bridgehead atoms. The molecule has 8 aromatic carbocycles. The van der Waals surface area contributed by atoms with Gasteiger partial charge in [-0.1, -0.05) is 199 Å². The van der Waals surface area contributed by atoms with Gasteiger partial charge in [-0.3, -0.25) is 38.3 Å². The van der Waals surface area contributed by atoms with E-state index in [9.17, 15) is 64.7 Å². The predicted octanol–water partition coefficient (Wildman–Crippen LogP) is 18.8. The molecule has 6 N–H and O–H groups in total. The lowest BCUT2D eigenvalue weighted by Gasteiger charge is -2.30. The highest BCUT2D eigenvalue weighted by Crippen LogP contribution is 2.45. The molecule has 0 unspecified atom stereocenters. The van der Waals surface area contributed by atoms with Gasteiger partial charge in [-0.2, -0.15) is 13.2 Å². The van der Waals surface area contributed by atoms with E-state index in [-0.39, 0.29) is 64.8 Å². The fourth-order valence-electron chi connectivity index (χ4n) is 18.1. The second kappa shape index (κ2) is 38.8. The molecule has 4 aliphatic rings.